The second-order valence-corrected chi connectivity index (χ2v) is 21.3. The third-order valence-corrected chi connectivity index (χ3v) is 16.1. The second kappa shape index (κ2) is 19.4. The first-order valence-corrected chi connectivity index (χ1v) is 23.6. The molecule has 0 aromatic heterocycles. The first-order valence-electron chi connectivity index (χ1n) is 23.6. The number of ketones is 3. The molecule has 0 aromatic rings. The van der Waals surface area contributed by atoms with Crippen LogP contribution in [0.5, 0.6) is 0 Å². The highest BCUT2D eigenvalue weighted by molar-refractivity contribution is 6.47. The Labute approximate surface area is 360 Å². The number of allylic oxidation sites excluding steroid dienone is 4. The number of amides is 2. The van der Waals surface area contributed by atoms with Crippen molar-refractivity contribution in [2.24, 2.45) is 58.0 Å². The minimum Gasteiger partial charge on any atom is -0.405 e. The molecule has 1 aliphatic heterocycles. The van der Waals surface area contributed by atoms with Gasteiger partial charge in [0.25, 0.3) is 0 Å². The quantitative estimate of drug-likeness (QED) is 0.0372. The molecule has 334 valence electrons. The molecule has 5 N–H and O–H groups in total. The summed E-state index contributed by atoms with van der Waals surface area (Å²) in [6, 6.07) is -2.02. The molecule has 2 amide bonds. The summed E-state index contributed by atoms with van der Waals surface area (Å²) in [5.41, 5.74) is 5.86. The molecular formula is C48H76BN3O8. The molecule has 8 aliphatic rings. The number of aliphatic hydroxyl groups excluding tert-OH is 1. The van der Waals surface area contributed by atoms with Crippen LogP contribution < -0.4 is 16.4 Å². The number of carbonyl (C=O) groups excluding carboxylic acids is 5. The van der Waals surface area contributed by atoms with Crippen LogP contribution in [0, 0.1) is 52.3 Å². The van der Waals surface area contributed by atoms with Gasteiger partial charge in [-0.15, -0.1) is 0 Å². The van der Waals surface area contributed by atoms with Crippen molar-refractivity contribution >= 4 is 36.3 Å². The standard InChI is InChI=1S/C48H76BN3O8/c1-8-13-35(23-37(54)14-9-11-16-48-26-32-20-33(27-48)22-34(21-32)28-48)45(58)52-43(31(4)53)40(56)18-29(2)44(57)51-38(15-10-12-17-50)39(55)19-30(3)49-59-42-25-36-24-41(46(36,5)6)47(42,7)60-49/h9,11,14,16,29-36,38,41-43,53H,8,10,12-13,15,17-28,50H2,1-7H3,(H,51,57)(H,52,58)/b14-9+,16-11+/t29-,30-,31-,32?,33?,34?,35-,36+,38+,41+,42?,43+,47+,48?/m1/s1. The van der Waals surface area contributed by atoms with Crippen molar-refractivity contribution in [2.45, 2.75) is 187 Å². The van der Waals surface area contributed by atoms with Crippen molar-refractivity contribution in [3.05, 3.63) is 24.3 Å². The molecule has 60 heavy (non-hydrogen) atoms. The number of Topliss-reactive ketones (excluding diaryl/α,β-unsaturated/α-hetero) is 2. The molecule has 7 saturated carbocycles. The number of nitrogens with two attached hydrogens (primary N) is 1. The predicted octanol–water partition coefficient (Wildman–Crippen LogP) is 6.84. The molecule has 11 nitrogen and oxygen atoms in total. The van der Waals surface area contributed by atoms with Gasteiger partial charge in [0.2, 0.25) is 11.8 Å². The van der Waals surface area contributed by atoms with Crippen molar-refractivity contribution in [3.63, 3.8) is 0 Å². The highest BCUT2D eigenvalue weighted by atomic mass is 16.7. The Morgan fingerprint density at radius 2 is 1.50 bits per heavy atom. The number of rotatable bonds is 23. The van der Waals surface area contributed by atoms with Crippen molar-refractivity contribution in [3.8, 4) is 0 Å². The molecular weight excluding hydrogens is 757 g/mol. The lowest BCUT2D eigenvalue weighted by Gasteiger charge is -2.64. The minimum absolute atomic E-state index is 0.00282. The SMILES string of the molecule is CCC[C@H](CC(=O)/C=C/C=C/C12CC3CC(CC(C3)C1)C2)C(=O)N[C@H](C(=O)C[C@@H](C)C(=O)N[C@@H](CCCCN)C(=O)C[C@@H](C)B1OC2C[C@@H]3C[C@@H](C3(C)C)[C@]2(C)O1)[C@@H](C)O. The van der Waals surface area contributed by atoms with Crippen LogP contribution in [0.25, 0.3) is 0 Å². The number of unbranched alkanes of at least 4 members (excludes halogenated alkanes) is 1. The number of carbonyl (C=O) groups is 5. The maximum atomic E-state index is 13.8. The third kappa shape index (κ3) is 10.4. The van der Waals surface area contributed by atoms with Gasteiger partial charge in [0, 0.05) is 31.1 Å². The Kier molecular flexibility index (Phi) is 15.1. The maximum Gasteiger partial charge on any atom is 0.461 e. The summed E-state index contributed by atoms with van der Waals surface area (Å²) in [5, 5.41) is 16.3. The number of aliphatic hydroxyl groups is 1. The van der Waals surface area contributed by atoms with E-state index in [2.05, 4.69) is 37.5 Å². The van der Waals surface area contributed by atoms with Gasteiger partial charge in [0.1, 0.15) is 6.04 Å². The Morgan fingerprint density at radius 1 is 0.833 bits per heavy atom. The van der Waals surface area contributed by atoms with E-state index in [1.54, 1.807) is 19.1 Å². The van der Waals surface area contributed by atoms with Crippen LogP contribution in [-0.2, 0) is 33.3 Å². The fraction of sp³-hybridized carbons (Fsp3) is 0.812. The monoisotopic (exact) mass is 834 g/mol. The average Bonchev–Trinajstić information content (AvgIpc) is 3.55. The third-order valence-electron chi connectivity index (χ3n) is 16.1. The van der Waals surface area contributed by atoms with Gasteiger partial charge in [-0.2, -0.15) is 0 Å². The molecule has 0 aromatic carbocycles. The van der Waals surface area contributed by atoms with E-state index < -0.39 is 54.7 Å². The smallest absolute Gasteiger partial charge is 0.405 e. The average molecular weight is 834 g/mol. The number of hydrogen-bond donors (Lipinski definition) is 4. The van der Waals surface area contributed by atoms with Crippen LogP contribution in [0.15, 0.2) is 24.3 Å². The molecule has 6 bridgehead atoms. The van der Waals surface area contributed by atoms with E-state index in [0.29, 0.717) is 50.5 Å². The van der Waals surface area contributed by atoms with Crippen LogP contribution in [0.4, 0.5) is 0 Å². The van der Waals surface area contributed by atoms with Crippen molar-refractivity contribution in [1.82, 2.24) is 10.6 Å². The molecule has 1 saturated heterocycles. The molecule has 0 spiro atoms. The van der Waals surface area contributed by atoms with Crippen LogP contribution in [0.2, 0.25) is 5.82 Å². The Hall–Kier alpha value is -2.67. The lowest BCUT2D eigenvalue weighted by atomic mass is 9.43. The van der Waals surface area contributed by atoms with Crippen molar-refractivity contribution in [2.75, 3.05) is 6.54 Å². The van der Waals surface area contributed by atoms with Gasteiger partial charge in [-0.05, 0) is 150 Å². The topological polar surface area (TPSA) is 174 Å². The summed E-state index contributed by atoms with van der Waals surface area (Å²) >= 11 is 0. The highest BCUT2D eigenvalue weighted by Crippen LogP contribution is 2.66. The zero-order valence-electron chi connectivity index (χ0n) is 37.7. The fourth-order valence-corrected chi connectivity index (χ4v) is 12.9. The van der Waals surface area contributed by atoms with Crippen LogP contribution in [0.3, 0.4) is 0 Å². The van der Waals surface area contributed by atoms with Crippen molar-refractivity contribution in [1.29, 1.82) is 0 Å². The van der Waals surface area contributed by atoms with Gasteiger partial charge in [-0.3, -0.25) is 24.0 Å². The second-order valence-electron chi connectivity index (χ2n) is 21.3. The largest absolute Gasteiger partial charge is 0.461 e. The van der Waals surface area contributed by atoms with E-state index >= 15 is 0 Å². The van der Waals surface area contributed by atoms with Gasteiger partial charge in [-0.1, -0.05) is 59.3 Å². The van der Waals surface area contributed by atoms with E-state index in [1.807, 2.05) is 19.9 Å². The summed E-state index contributed by atoms with van der Waals surface area (Å²) in [6.45, 7) is 14.2. The summed E-state index contributed by atoms with van der Waals surface area (Å²) in [4.78, 5) is 67.7. The summed E-state index contributed by atoms with van der Waals surface area (Å²) in [7, 11) is -0.506. The highest BCUT2D eigenvalue weighted by Gasteiger charge is 2.68. The summed E-state index contributed by atoms with van der Waals surface area (Å²) < 4.78 is 13.1. The Morgan fingerprint density at radius 3 is 2.10 bits per heavy atom. The zero-order chi connectivity index (χ0) is 43.6. The Balaban J connectivity index is 0.991. The molecule has 8 fully saturated rings. The molecule has 12 heteroatoms. The van der Waals surface area contributed by atoms with Gasteiger partial charge in [-0.25, -0.2) is 0 Å². The van der Waals surface area contributed by atoms with E-state index in [9.17, 15) is 29.1 Å². The molecule has 8 rings (SSSR count). The lowest BCUT2D eigenvalue weighted by Crippen LogP contribution is -2.65. The van der Waals surface area contributed by atoms with Gasteiger partial charge >= 0.3 is 7.12 Å². The normalized spacial score (nSPS) is 34.0. The molecule has 7 aliphatic carbocycles. The van der Waals surface area contributed by atoms with Gasteiger partial charge < -0.3 is 30.8 Å². The zero-order valence-corrected chi connectivity index (χ0v) is 37.7. The van der Waals surface area contributed by atoms with Crippen LogP contribution in [0.1, 0.15) is 151 Å². The molecule has 10 atom stereocenters. The minimum atomic E-state index is -1.25. The van der Waals surface area contributed by atoms with E-state index in [1.165, 1.54) is 45.4 Å². The Bertz CT molecular complexity index is 1610. The molecule has 1 heterocycles. The lowest BCUT2D eigenvalue weighted by molar-refractivity contribution is -0.199. The number of nitrogens with one attached hydrogen (secondary N) is 2. The summed E-state index contributed by atoms with van der Waals surface area (Å²) in [6.07, 6.45) is 19.3. The summed E-state index contributed by atoms with van der Waals surface area (Å²) in [5.74, 6) is 0.136. The first kappa shape index (κ1) is 46.8. The van der Waals surface area contributed by atoms with E-state index in [-0.39, 0.29) is 59.2 Å². The first-order chi connectivity index (χ1) is 28.4. The number of hydrogen-bond acceptors (Lipinski definition) is 9. The van der Waals surface area contributed by atoms with E-state index in [0.717, 1.165) is 30.6 Å². The maximum absolute atomic E-state index is 13.8. The van der Waals surface area contributed by atoms with E-state index in [4.69, 9.17) is 15.0 Å². The van der Waals surface area contributed by atoms with Crippen LogP contribution >= 0.6 is 0 Å². The molecule has 1 unspecified atom stereocenters. The fourth-order valence-electron chi connectivity index (χ4n) is 12.9. The van der Waals surface area contributed by atoms with Gasteiger partial charge in [0.05, 0.1) is 23.9 Å². The molecule has 0 radical (unpaired) electrons. The van der Waals surface area contributed by atoms with Crippen LogP contribution in [-0.4, -0.2) is 77.8 Å². The predicted molar refractivity (Wildman–Crippen MR) is 233 cm³/mol. The van der Waals surface area contributed by atoms with Gasteiger partial charge in [0.15, 0.2) is 17.3 Å². The van der Waals surface area contributed by atoms with Crippen molar-refractivity contribution < 1.29 is 38.4 Å².